The topological polar surface area (TPSA) is 26.5 Å². The van der Waals surface area contributed by atoms with E-state index in [9.17, 15) is 0 Å². The lowest BCUT2D eigenvalue weighted by Crippen LogP contribution is -2.13. The Labute approximate surface area is 104 Å². The molecule has 0 unspecified atom stereocenters. The average Bonchev–Trinajstić information content (AvgIpc) is 2.61. The van der Waals surface area contributed by atoms with Crippen LogP contribution < -0.4 is 5.32 Å². The Morgan fingerprint density at radius 2 is 2.00 bits per heavy atom. The molecule has 13 heavy (non-hydrogen) atoms. The molecule has 4 heteroatoms. The molecule has 1 aliphatic heterocycles. The molecule has 2 rings (SSSR count). The van der Waals surface area contributed by atoms with Crippen molar-refractivity contribution in [1.82, 2.24) is 5.32 Å². The molecule has 1 aromatic carbocycles. The molecule has 0 atom stereocenters. The molecule has 0 saturated carbocycles. The quantitative estimate of drug-likeness (QED) is 0.651. The summed E-state index contributed by atoms with van der Waals surface area (Å²) in [5.74, 6) is 0.919. The number of aliphatic imine (C=N–C) groups is 1. The maximum Gasteiger partial charge on any atom is 0.151 e. The van der Waals surface area contributed by atoms with E-state index in [1.54, 1.807) is 0 Å². The summed E-state index contributed by atoms with van der Waals surface area (Å²) in [6.45, 7) is 1.69. The number of hydrogen-bond acceptors (Lipinski definition) is 1. The fourth-order valence-corrected chi connectivity index (χ4v) is 2.27. The molecule has 0 spiro atoms. The Hall–Kier alpha value is 0.150. The molecular formula is C9H7I2N2. The van der Waals surface area contributed by atoms with Crippen LogP contribution in [0.25, 0.3) is 0 Å². The lowest BCUT2D eigenvalue weighted by atomic mass is 10.2. The summed E-state index contributed by atoms with van der Waals surface area (Å²) in [5, 5.41) is 4.35. The van der Waals surface area contributed by atoms with E-state index in [0.717, 1.165) is 18.9 Å². The minimum atomic E-state index is 0.844. The van der Waals surface area contributed by atoms with E-state index in [2.05, 4.69) is 73.7 Å². The summed E-state index contributed by atoms with van der Waals surface area (Å²) in [4.78, 5) is 4.35. The SMILES string of the molecule is Ic1ccc(I)c(C2=NCC[N]2)c1. The zero-order valence-corrected chi connectivity index (χ0v) is 11.1. The monoisotopic (exact) mass is 397 g/mol. The lowest BCUT2D eigenvalue weighted by Gasteiger charge is -2.03. The zero-order valence-electron chi connectivity index (χ0n) is 6.80. The molecule has 1 aromatic rings. The fourth-order valence-electron chi connectivity index (χ4n) is 1.20. The number of nitrogens with zero attached hydrogens (tertiary/aromatic N) is 2. The van der Waals surface area contributed by atoms with Gasteiger partial charge in [0.15, 0.2) is 5.84 Å². The second kappa shape index (κ2) is 4.12. The van der Waals surface area contributed by atoms with Gasteiger partial charge in [-0.3, -0.25) is 10.3 Å². The number of halogens is 2. The van der Waals surface area contributed by atoms with Crippen molar-refractivity contribution in [3.8, 4) is 0 Å². The highest BCUT2D eigenvalue weighted by atomic mass is 127. The lowest BCUT2D eigenvalue weighted by molar-refractivity contribution is 0.946. The number of benzene rings is 1. The average molecular weight is 397 g/mol. The Balaban J connectivity index is 2.43. The van der Waals surface area contributed by atoms with E-state index in [1.165, 1.54) is 12.7 Å². The highest BCUT2D eigenvalue weighted by Crippen LogP contribution is 2.17. The second-order valence-corrected chi connectivity index (χ2v) is 5.12. The standard InChI is InChI=1S/C9H7I2N2/c10-6-1-2-8(11)7(5-6)9-12-3-4-13-9/h1-2,5H,3-4H2. The molecule has 0 aliphatic carbocycles. The van der Waals surface area contributed by atoms with Crippen LogP contribution in [0.2, 0.25) is 0 Å². The van der Waals surface area contributed by atoms with Gasteiger partial charge in [-0.05, 0) is 63.4 Å². The number of rotatable bonds is 1. The van der Waals surface area contributed by atoms with E-state index in [-0.39, 0.29) is 0 Å². The molecule has 2 nitrogen and oxygen atoms in total. The summed E-state index contributed by atoms with van der Waals surface area (Å²) < 4.78 is 2.46. The van der Waals surface area contributed by atoms with Crippen molar-refractivity contribution in [1.29, 1.82) is 0 Å². The highest BCUT2D eigenvalue weighted by Gasteiger charge is 2.12. The predicted octanol–water partition coefficient (Wildman–Crippen LogP) is 2.26. The molecule has 0 saturated heterocycles. The first-order chi connectivity index (χ1) is 6.27. The van der Waals surface area contributed by atoms with Gasteiger partial charge >= 0.3 is 0 Å². The molecule has 67 valence electrons. The summed E-state index contributed by atoms with van der Waals surface area (Å²) in [6.07, 6.45) is 0. The van der Waals surface area contributed by atoms with Gasteiger partial charge < -0.3 is 0 Å². The molecule has 0 N–H and O–H groups in total. The Morgan fingerprint density at radius 1 is 1.15 bits per heavy atom. The minimum absolute atomic E-state index is 0.844. The van der Waals surface area contributed by atoms with Crippen LogP contribution in [0.5, 0.6) is 0 Å². The van der Waals surface area contributed by atoms with Crippen molar-refractivity contribution < 1.29 is 0 Å². The summed E-state index contributed by atoms with van der Waals surface area (Å²) in [5.41, 5.74) is 1.17. The summed E-state index contributed by atoms with van der Waals surface area (Å²) in [6, 6.07) is 6.34. The van der Waals surface area contributed by atoms with Crippen LogP contribution in [-0.2, 0) is 0 Å². The first kappa shape index (κ1) is 9.70. The van der Waals surface area contributed by atoms with Gasteiger partial charge in [0.2, 0.25) is 0 Å². The predicted molar refractivity (Wildman–Crippen MR) is 70.3 cm³/mol. The van der Waals surface area contributed by atoms with Crippen molar-refractivity contribution >= 4 is 51.0 Å². The number of hydrogen-bond donors (Lipinski definition) is 0. The zero-order chi connectivity index (χ0) is 9.26. The van der Waals surface area contributed by atoms with Crippen molar-refractivity contribution in [2.75, 3.05) is 13.1 Å². The highest BCUT2D eigenvalue weighted by molar-refractivity contribution is 14.1. The molecule has 0 fully saturated rings. The summed E-state index contributed by atoms with van der Waals surface area (Å²) >= 11 is 4.63. The third kappa shape index (κ3) is 2.15. The fraction of sp³-hybridized carbons (Fsp3) is 0.222. The van der Waals surface area contributed by atoms with E-state index in [0.29, 0.717) is 0 Å². The molecule has 0 amide bonds. The third-order valence-corrected chi connectivity index (χ3v) is 3.40. The van der Waals surface area contributed by atoms with Gasteiger partial charge in [0.1, 0.15) is 0 Å². The molecular weight excluding hydrogens is 390 g/mol. The van der Waals surface area contributed by atoms with Gasteiger partial charge in [-0.25, -0.2) is 0 Å². The second-order valence-electron chi connectivity index (χ2n) is 2.71. The van der Waals surface area contributed by atoms with Crippen molar-refractivity contribution in [3.63, 3.8) is 0 Å². The Kier molecular flexibility index (Phi) is 3.07. The van der Waals surface area contributed by atoms with E-state index >= 15 is 0 Å². The van der Waals surface area contributed by atoms with E-state index in [1.807, 2.05) is 0 Å². The van der Waals surface area contributed by atoms with Crippen LogP contribution in [0.1, 0.15) is 5.56 Å². The van der Waals surface area contributed by atoms with Crippen LogP contribution in [0.15, 0.2) is 23.2 Å². The van der Waals surface area contributed by atoms with Crippen molar-refractivity contribution in [2.45, 2.75) is 0 Å². The number of amidine groups is 1. The van der Waals surface area contributed by atoms with Gasteiger partial charge in [0, 0.05) is 12.7 Å². The van der Waals surface area contributed by atoms with Gasteiger partial charge in [0.25, 0.3) is 0 Å². The Morgan fingerprint density at radius 3 is 2.69 bits per heavy atom. The van der Waals surface area contributed by atoms with Crippen LogP contribution in [0.4, 0.5) is 0 Å². The van der Waals surface area contributed by atoms with Crippen LogP contribution in [-0.4, -0.2) is 18.9 Å². The van der Waals surface area contributed by atoms with E-state index in [4.69, 9.17) is 0 Å². The van der Waals surface area contributed by atoms with Crippen molar-refractivity contribution in [2.24, 2.45) is 4.99 Å². The van der Waals surface area contributed by atoms with Gasteiger partial charge in [-0.15, -0.1) is 0 Å². The minimum Gasteiger partial charge on any atom is -0.265 e. The molecule has 0 bridgehead atoms. The normalized spacial score (nSPS) is 15.4. The van der Waals surface area contributed by atoms with Crippen molar-refractivity contribution in [3.05, 3.63) is 30.9 Å². The molecule has 0 aromatic heterocycles. The first-order valence-corrected chi connectivity index (χ1v) is 6.10. The van der Waals surface area contributed by atoms with Gasteiger partial charge in [-0.1, -0.05) is 0 Å². The summed E-state index contributed by atoms with van der Waals surface area (Å²) in [7, 11) is 0. The van der Waals surface area contributed by atoms with Crippen LogP contribution >= 0.6 is 45.2 Å². The molecule has 1 radical (unpaired) electrons. The maximum atomic E-state index is 4.35. The van der Waals surface area contributed by atoms with Crippen LogP contribution in [0.3, 0.4) is 0 Å². The Bertz CT molecular complexity index is 361. The molecule has 1 heterocycles. The van der Waals surface area contributed by atoms with E-state index < -0.39 is 0 Å². The first-order valence-electron chi connectivity index (χ1n) is 3.95. The van der Waals surface area contributed by atoms with Crippen LogP contribution in [0, 0.1) is 7.14 Å². The largest absolute Gasteiger partial charge is 0.265 e. The third-order valence-electron chi connectivity index (χ3n) is 1.79. The van der Waals surface area contributed by atoms with Gasteiger partial charge in [-0.2, -0.15) is 0 Å². The smallest absolute Gasteiger partial charge is 0.151 e. The maximum absolute atomic E-state index is 4.35. The van der Waals surface area contributed by atoms with Gasteiger partial charge in [0.05, 0.1) is 13.1 Å². The molecule has 1 aliphatic rings.